The normalized spacial score (nSPS) is 25.2. The highest BCUT2D eigenvalue weighted by atomic mass is 32.1. The van der Waals surface area contributed by atoms with Gasteiger partial charge in [0.2, 0.25) is 0 Å². The summed E-state index contributed by atoms with van der Waals surface area (Å²) in [6.07, 6.45) is 3.52. The minimum atomic E-state index is -0.0141. The van der Waals surface area contributed by atoms with Crippen LogP contribution in [0.15, 0.2) is 24.0 Å². The van der Waals surface area contributed by atoms with E-state index in [4.69, 9.17) is 0 Å². The number of thiophene rings is 1. The summed E-state index contributed by atoms with van der Waals surface area (Å²) in [4.78, 5) is 32.1. The number of carbonyl (C=O) groups excluding carboxylic acids is 2. The van der Waals surface area contributed by atoms with Crippen molar-refractivity contribution in [2.75, 3.05) is 13.1 Å². The highest BCUT2D eigenvalue weighted by molar-refractivity contribution is 7.12. The Labute approximate surface area is 145 Å². The fourth-order valence-electron chi connectivity index (χ4n) is 3.70. The van der Waals surface area contributed by atoms with Gasteiger partial charge >= 0.3 is 0 Å². The maximum absolute atomic E-state index is 12.6. The number of amides is 1. The molecule has 126 valence electrons. The second-order valence-electron chi connectivity index (χ2n) is 7.22. The Kier molecular flexibility index (Phi) is 3.60. The number of Topliss-reactive ketones (excluding diaryl/α,β-unsaturated/α-hetero) is 1. The standard InChI is InChI=1S/C18H21N3O2S/c1-10(2)21-7-14(19-9-21)18(23)20-5-12-13(6-20)16(12)17(22)15-4-11(3)8-24-15/h4,7-10,12-13,16H,5-6H2,1-3H3/t12-,13+,16?. The lowest BCUT2D eigenvalue weighted by molar-refractivity contribution is 0.0747. The predicted molar refractivity (Wildman–Crippen MR) is 92.4 cm³/mol. The summed E-state index contributed by atoms with van der Waals surface area (Å²) in [7, 11) is 0. The van der Waals surface area contributed by atoms with Crippen molar-refractivity contribution in [1.29, 1.82) is 0 Å². The fraction of sp³-hybridized carbons (Fsp3) is 0.500. The van der Waals surface area contributed by atoms with E-state index in [1.54, 1.807) is 6.33 Å². The molecule has 2 aromatic heterocycles. The second-order valence-corrected chi connectivity index (χ2v) is 8.13. The van der Waals surface area contributed by atoms with Crippen LogP contribution in [-0.2, 0) is 0 Å². The molecule has 0 aromatic carbocycles. The van der Waals surface area contributed by atoms with E-state index in [0.29, 0.717) is 36.7 Å². The zero-order valence-electron chi connectivity index (χ0n) is 14.1. The molecule has 2 aromatic rings. The molecule has 1 saturated heterocycles. The molecule has 5 nitrogen and oxygen atoms in total. The van der Waals surface area contributed by atoms with E-state index in [9.17, 15) is 9.59 Å². The summed E-state index contributed by atoms with van der Waals surface area (Å²) < 4.78 is 1.94. The maximum atomic E-state index is 12.6. The first-order valence-corrected chi connectivity index (χ1v) is 9.25. The number of fused-ring (bicyclic) bond motifs is 1. The molecule has 1 amide bonds. The highest BCUT2D eigenvalue weighted by Crippen LogP contribution is 2.53. The molecule has 0 bridgehead atoms. The van der Waals surface area contributed by atoms with Gasteiger partial charge in [-0.15, -0.1) is 11.3 Å². The SMILES string of the molecule is Cc1csc(C(=O)C2[C@H]3CN(C(=O)c4cn(C(C)C)cn4)C[C@@H]23)c1. The first-order valence-electron chi connectivity index (χ1n) is 8.38. The summed E-state index contributed by atoms with van der Waals surface area (Å²) in [5, 5.41) is 2.02. The van der Waals surface area contributed by atoms with Crippen molar-refractivity contribution in [3.63, 3.8) is 0 Å². The van der Waals surface area contributed by atoms with Gasteiger partial charge in [0.05, 0.1) is 11.2 Å². The summed E-state index contributed by atoms with van der Waals surface area (Å²) >= 11 is 1.53. The zero-order chi connectivity index (χ0) is 17.0. The van der Waals surface area contributed by atoms with Gasteiger partial charge < -0.3 is 9.47 Å². The van der Waals surface area contributed by atoms with Crippen LogP contribution in [0.25, 0.3) is 0 Å². The number of hydrogen-bond acceptors (Lipinski definition) is 4. The van der Waals surface area contributed by atoms with E-state index in [0.717, 1.165) is 10.4 Å². The molecule has 1 aliphatic carbocycles. The van der Waals surface area contributed by atoms with Crippen LogP contribution in [0.1, 0.15) is 45.6 Å². The van der Waals surface area contributed by atoms with E-state index >= 15 is 0 Å². The average molecular weight is 343 g/mol. The van der Waals surface area contributed by atoms with Crippen molar-refractivity contribution < 1.29 is 9.59 Å². The van der Waals surface area contributed by atoms with Gasteiger partial charge in [-0.25, -0.2) is 4.98 Å². The number of piperidine rings is 1. The molecule has 1 aliphatic heterocycles. The third kappa shape index (κ3) is 2.49. The summed E-state index contributed by atoms with van der Waals surface area (Å²) in [5.74, 6) is 1.02. The maximum Gasteiger partial charge on any atom is 0.274 e. The number of rotatable bonds is 4. The van der Waals surface area contributed by atoms with Gasteiger partial charge in [-0.1, -0.05) is 0 Å². The largest absolute Gasteiger partial charge is 0.337 e. The van der Waals surface area contributed by atoms with Crippen LogP contribution in [0.5, 0.6) is 0 Å². The van der Waals surface area contributed by atoms with E-state index < -0.39 is 0 Å². The molecular weight excluding hydrogens is 322 g/mol. The smallest absolute Gasteiger partial charge is 0.274 e. The first-order chi connectivity index (χ1) is 11.5. The lowest BCUT2D eigenvalue weighted by Crippen LogP contribution is -2.32. The topological polar surface area (TPSA) is 55.2 Å². The van der Waals surface area contributed by atoms with Crippen molar-refractivity contribution in [3.05, 3.63) is 40.1 Å². The molecule has 3 atom stereocenters. The highest BCUT2D eigenvalue weighted by Gasteiger charge is 2.60. The Morgan fingerprint density at radius 2 is 2.00 bits per heavy atom. The summed E-state index contributed by atoms with van der Waals surface area (Å²) in [5.41, 5.74) is 1.65. The van der Waals surface area contributed by atoms with Gasteiger partial charge in [0.25, 0.3) is 5.91 Å². The van der Waals surface area contributed by atoms with Gasteiger partial charge in [0, 0.05) is 31.2 Å². The molecule has 0 N–H and O–H groups in total. The minimum Gasteiger partial charge on any atom is -0.337 e. The van der Waals surface area contributed by atoms with Crippen molar-refractivity contribution in [1.82, 2.24) is 14.5 Å². The second kappa shape index (κ2) is 5.55. The molecule has 1 saturated carbocycles. The van der Waals surface area contributed by atoms with Crippen LogP contribution in [-0.4, -0.2) is 39.2 Å². The number of carbonyl (C=O) groups is 2. The Balaban J connectivity index is 1.39. The minimum absolute atomic E-state index is 0.0141. The number of aromatic nitrogens is 2. The van der Waals surface area contributed by atoms with E-state index in [1.165, 1.54) is 11.3 Å². The zero-order valence-corrected chi connectivity index (χ0v) is 14.9. The van der Waals surface area contributed by atoms with E-state index in [1.807, 2.05) is 34.0 Å². The molecule has 2 aliphatic rings. The van der Waals surface area contributed by atoms with E-state index in [-0.39, 0.29) is 17.6 Å². The summed E-state index contributed by atoms with van der Waals surface area (Å²) in [6, 6.07) is 2.27. The van der Waals surface area contributed by atoms with Gasteiger partial charge in [-0.2, -0.15) is 0 Å². The van der Waals surface area contributed by atoms with Gasteiger partial charge in [-0.05, 0) is 49.6 Å². The molecule has 2 fully saturated rings. The van der Waals surface area contributed by atoms with Crippen LogP contribution in [0.4, 0.5) is 0 Å². The Morgan fingerprint density at radius 3 is 2.54 bits per heavy atom. The number of likely N-dealkylation sites (tertiary alicyclic amines) is 1. The Bertz CT molecular complexity index is 795. The Morgan fingerprint density at radius 1 is 1.29 bits per heavy atom. The van der Waals surface area contributed by atoms with Crippen molar-refractivity contribution in [2.45, 2.75) is 26.8 Å². The average Bonchev–Trinajstić information content (AvgIpc) is 3.05. The molecular formula is C18H21N3O2S. The van der Waals surface area contributed by atoms with Crippen LogP contribution in [0, 0.1) is 24.7 Å². The van der Waals surface area contributed by atoms with Crippen LogP contribution >= 0.6 is 11.3 Å². The Hall–Kier alpha value is -1.95. The lowest BCUT2D eigenvalue weighted by Gasteiger charge is -2.18. The van der Waals surface area contributed by atoms with Crippen LogP contribution in [0.3, 0.4) is 0 Å². The third-order valence-corrected chi connectivity index (χ3v) is 6.24. The number of imidazole rings is 1. The summed E-state index contributed by atoms with van der Waals surface area (Å²) in [6.45, 7) is 7.49. The molecule has 1 unspecified atom stereocenters. The monoisotopic (exact) mass is 343 g/mol. The number of ketones is 1. The van der Waals surface area contributed by atoms with Crippen LogP contribution in [0.2, 0.25) is 0 Å². The van der Waals surface area contributed by atoms with Crippen LogP contribution < -0.4 is 0 Å². The van der Waals surface area contributed by atoms with Crippen molar-refractivity contribution >= 4 is 23.0 Å². The molecule has 24 heavy (non-hydrogen) atoms. The first kappa shape index (κ1) is 15.6. The third-order valence-electron chi connectivity index (χ3n) is 5.17. The molecule has 0 spiro atoms. The molecule has 0 radical (unpaired) electrons. The van der Waals surface area contributed by atoms with Gasteiger partial charge in [-0.3, -0.25) is 9.59 Å². The number of aryl methyl sites for hydroxylation is 1. The van der Waals surface area contributed by atoms with Crippen molar-refractivity contribution in [3.8, 4) is 0 Å². The molecule has 6 heteroatoms. The lowest BCUT2D eigenvalue weighted by atomic mass is 10.1. The van der Waals surface area contributed by atoms with E-state index in [2.05, 4.69) is 18.8 Å². The molecule has 4 rings (SSSR count). The quantitative estimate of drug-likeness (QED) is 0.802. The number of hydrogen-bond donors (Lipinski definition) is 0. The molecule has 3 heterocycles. The van der Waals surface area contributed by atoms with Gasteiger partial charge in [0.15, 0.2) is 5.78 Å². The number of nitrogens with zero attached hydrogens (tertiary/aromatic N) is 3. The predicted octanol–water partition coefficient (Wildman–Crippen LogP) is 3.03. The van der Waals surface area contributed by atoms with Crippen molar-refractivity contribution in [2.24, 2.45) is 17.8 Å². The fourth-order valence-corrected chi connectivity index (χ4v) is 4.58. The van der Waals surface area contributed by atoms with Gasteiger partial charge in [0.1, 0.15) is 5.69 Å².